The van der Waals surface area contributed by atoms with Crippen molar-refractivity contribution in [3.8, 4) is 6.07 Å². The van der Waals surface area contributed by atoms with Gasteiger partial charge in [0.05, 0.1) is 0 Å². The fourth-order valence-corrected chi connectivity index (χ4v) is 5.68. The van der Waals surface area contributed by atoms with Crippen molar-refractivity contribution >= 4 is 0 Å². The number of hydrogen-bond acceptors (Lipinski definition) is 2. The Morgan fingerprint density at radius 2 is 1.75 bits per heavy atom. The Bertz CT molecular complexity index is 629. The maximum Gasteiger partial charge on any atom is 0.266 e. The van der Waals surface area contributed by atoms with Gasteiger partial charge in [0.15, 0.2) is 0 Å². The first-order valence-electron chi connectivity index (χ1n) is 7.74. The van der Waals surface area contributed by atoms with E-state index in [9.17, 15) is 4.79 Å². The minimum atomic E-state index is -0.205. The zero-order valence-electron chi connectivity index (χ0n) is 11.9. The molecule has 1 heterocycles. The van der Waals surface area contributed by atoms with Crippen LogP contribution in [0.2, 0.25) is 0 Å². The molecule has 0 aliphatic heterocycles. The second kappa shape index (κ2) is 3.97. The number of aromatic nitrogens is 1. The van der Waals surface area contributed by atoms with E-state index in [0.29, 0.717) is 0 Å². The molecule has 4 aliphatic carbocycles. The van der Waals surface area contributed by atoms with Crippen LogP contribution in [0.1, 0.15) is 55.3 Å². The highest BCUT2D eigenvalue weighted by atomic mass is 16.1. The van der Waals surface area contributed by atoms with Crippen LogP contribution in [0.5, 0.6) is 0 Å². The Morgan fingerprint density at radius 3 is 2.25 bits per heavy atom. The molecule has 4 aliphatic rings. The van der Waals surface area contributed by atoms with Gasteiger partial charge in [0.1, 0.15) is 11.6 Å². The van der Waals surface area contributed by atoms with Gasteiger partial charge in [-0.25, -0.2) is 0 Å². The Hall–Kier alpha value is -1.56. The van der Waals surface area contributed by atoms with E-state index in [-0.39, 0.29) is 16.5 Å². The second-order valence-corrected chi connectivity index (χ2v) is 7.38. The first-order chi connectivity index (χ1) is 9.59. The van der Waals surface area contributed by atoms with E-state index in [1.165, 1.54) is 38.5 Å². The molecule has 5 rings (SSSR count). The zero-order valence-corrected chi connectivity index (χ0v) is 11.9. The lowest BCUT2D eigenvalue weighted by Crippen LogP contribution is -2.49. The molecule has 3 nitrogen and oxygen atoms in total. The predicted octanol–water partition coefficient (Wildman–Crippen LogP) is 3.02. The van der Waals surface area contributed by atoms with Crippen LogP contribution in [-0.4, -0.2) is 4.98 Å². The third kappa shape index (κ3) is 1.60. The van der Waals surface area contributed by atoms with Crippen molar-refractivity contribution in [2.75, 3.05) is 0 Å². The van der Waals surface area contributed by atoms with E-state index in [4.69, 9.17) is 5.26 Å². The first kappa shape index (κ1) is 12.2. The predicted molar refractivity (Wildman–Crippen MR) is 76.4 cm³/mol. The number of aryl methyl sites for hydroxylation is 1. The van der Waals surface area contributed by atoms with Crippen LogP contribution >= 0.6 is 0 Å². The van der Waals surface area contributed by atoms with Gasteiger partial charge in [-0.1, -0.05) is 0 Å². The normalized spacial score (nSPS) is 37.9. The third-order valence-corrected chi connectivity index (χ3v) is 5.93. The summed E-state index contributed by atoms with van der Waals surface area (Å²) in [4.78, 5) is 15.1. The van der Waals surface area contributed by atoms with Crippen LogP contribution in [0.25, 0.3) is 0 Å². The highest BCUT2D eigenvalue weighted by molar-refractivity contribution is 5.37. The molecule has 1 aromatic heterocycles. The summed E-state index contributed by atoms with van der Waals surface area (Å²) in [7, 11) is 0. The topological polar surface area (TPSA) is 56.6 Å². The van der Waals surface area contributed by atoms with Crippen molar-refractivity contribution in [2.24, 2.45) is 17.8 Å². The van der Waals surface area contributed by atoms with Crippen LogP contribution in [-0.2, 0) is 5.41 Å². The lowest BCUT2D eigenvalue weighted by Gasteiger charge is -2.57. The maximum atomic E-state index is 12.0. The highest BCUT2D eigenvalue weighted by Gasteiger charge is 2.52. The average molecular weight is 268 g/mol. The Labute approximate surface area is 119 Å². The van der Waals surface area contributed by atoms with Gasteiger partial charge in [-0.05, 0) is 74.8 Å². The lowest BCUT2D eigenvalue weighted by atomic mass is 9.48. The monoisotopic (exact) mass is 268 g/mol. The summed E-state index contributed by atoms with van der Waals surface area (Å²) in [6.45, 7) is 2.05. The summed E-state index contributed by atoms with van der Waals surface area (Å²) in [6.07, 6.45) is 7.92. The van der Waals surface area contributed by atoms with Gasteiger partial charge < -0.3 is 4.98 Å². The molecule has 0 atom stereocenters. The Balaban J connectivity index is 1.83. The fourth-order valence-electron chi connectivity index (χ4n) is 5.68. The van der Waals surface area contributed by atoms with Gasteiger partial charge in [0, 0.05) is 11.1 Å². The van der Waals surface area contributed by atoms with Crippen LogP contribution < -0.4 is 5.56 Å². The van der Waals surface area contributed by atoms with Crippen LogP contribution in [0.4, 0.5) is 0 Å². The number of H-pyrrole nitrogens is 1. The zero-order chi connectivity index (χ0) is 13.9. The number of nitrogens with zero attached hydrogens (tertiary/aromatic N) is 1. The van der Waals surface area contributed by atoms with Crippen molar-refractivity contribution in [3.05, 3.63) is 33.2 Å². The standard InChI is InChI=1S/C17H20N2O/c1-10-2-14(9-18)16(20)19-15(10)17-6-11-3-12(7-17)5-13(4-11)8-17/h2,11-13H,3-8H2,1H3,(H,19,20). The molecule has 0 radical (unpaired) electrons. The average Bonchev–Trinajstić information content (AvgIpc) is 2.39. The van der Waals surface area contributed by atoms with Crippen molar-refractivity contribution in [2.45, 2.75) is 50.9 Å². The summed E-state index contributed by atoms with van der Waals surface area (Å²) in [5.41, 5.74) is 2.48. The van der Waals surface area contributed by atoms with Gasteiger partial charge in [-0.15, -0.1) is 0 Å². The van der Waals surface area contributed by atoms with Gasteiger partial charge in [-0.3, -0.25) is 4.79 Å². The molecular weight excluding hydrogens is 248 g/mol. The maximum absolute atomic E-state index is 12.0. The summed E-state index contributed by atoms with van der Waals surface area (Å²) >= 11 is 0. The molecule has 1 aromatic rings. The Kier molecular flexibility index (Phi) is 2.42. The number of nitriles is 1. The number of pyridine rings is 1. The van der Waals surface area contributed by atoms with E-state index < -0.39 is 0 Å². The summed E-state index contributed by atoms with van der Waals surface area (Å²) < 4.78 is 0. The van der Waals surface area contributed by atoms with E-state index in [2.05, 4.69) is 4.98 Å². The molecule has 4 bridgehead atoms. The number of rotatable bonds is 1. The lowest BCUT2D eigenvalue weighted by molar-refractivity contribution is -0.00759. The van der Waals surface area contributed by atoms with E-state index >= 15 is 0 Å². The third-order valence-electron chi connectivity index (χ3n) is 5.93. The molecule has 0 saturated heterocycles. The second-order valence-electron chi connectivity index (χ2n) is 7.38. The Morgan fingerprint density at radius 1 is 1.20 bits per heavy atom. The van der Waals surface area contributed by atoms with Gasteiger partial charge >= 0.3 is 0 Å². The molecule has 4 saturated carbocycles. The fraction of sp³-hybridized carbons (Fsp3) is 0.647. The summed E-state index contributed by atoms with van der Waals surface area (Å²) in [5.74, 6) is 2.58. The largest absolute Gasteiger partial charge is 0.324 e. The highest BCUT2D eigenvalue weighted by Crippen LogP contribution is 2.60. The minimum absolute atomic E-state index is 0.200. The molecule has 0 spiro atoms. The minimum Gasteiger partial charge on any atom is -0.324 e. The van der Waals surface area contributed by atoms with Crippen molar-refractivity contribution in [3.63, 3.8) is 0 Å². The molecule has 4 fully saturated rings. The molecule has 3 heteroatoms. The molecular formula is C17H20N2O. The SMILES string of the molecule is Cc1cc(C#N)c(=O)[nH]c1C12CC3CC(CC(C3)C1)C2. The van der Waals surface area contributed by atoms with Gasteiger partial charge in [0.2, 0.25) is 0 Å². The number of aromatic amines is 1. The van der Waals surface area contributed by atoms with Crippen LogP contribution in [0, 0.1) is 36.0 Å². The molecule has 1 N–H and O–H groups in total. The molecule has 0 unspecified atom stereocenters. The number of hydrogen-bond donors (Lipinski definition) is 1. The van der Waals surface area contributed by atoms with Gasteiger partial charge in [-0.2, -0.15) is 5.26 Å². The summed E-state index contributed by atoms with van der Waals surface area (Å²) in [5, 5.41) is 9.00. The molecule has 20 heavy (non-hydrogen) atoms. The molecule has 104 valence electrons. The van der Waals surface area contributed by atoms with Crippen molar-refractivity contribution in [1.82, 2.24) is 4.98 Å². The number of nitrogens with one attached hydrogen (secondary N) is 1. The van der Waals surface area contributed by atoms with Crippen molar-refractivity contribution < 1.29 is 0 Å². The van der Waals surface area contributed by atoms with E-state index in [1.54, 1.807) is 6.07 Å². The molecule has 0 amide bonds. The van der Waals surface area contributed by atoms with E-state index in [0.717, 1.165) is 29.0 Å². The first-order valence-corrected chi connectivity index (χ1v) is 7.74. The van der Waals surface area contributed by atoms with E-state index in [1.807, 2.05) is 13.0 Å². The quantitative estimate of drug-likeness (QED) is 0.851. The molecule has 0 aromatic carbocycles. The smallest absolute Gasteiger partial charge is 0.266 e. The summed E-state index contributed by atoms with van der Waals surface area (Å²) in [6, 6.07) is 3.78. The van der Waals surface area contributed by atoms with Gasteiger partial charge in [0.25, 0.3) is 5.56 Å². The van der Waals surface area contributed by atoms with Crippen LogP contribution in [0.15, 0.2) is 10.9 Å². The van der Waals surface area contributed by atoms with Crippen LogP contribution in [0.3, 0.4) is 0 Å². The van der Waals surface area contributed by atoms with Crippen molar-refractivity contribution in [1.29, 1.82) is 5.26 Å².